The lowest BCUT2D eigenvalue weighted by Gasteiger charge is -2.20. The standard InChI is InChI=1S/C7H9F5O3/c1-4(5(13)14-2)15-3-6(8,9)7(10,11)12/h4H,3H2,1-2H3/t4-/m0/s1. The molecule has 0 aliphatic carbocycles. The quantitative estimate of drug-likeness (QED) is 0.551. The van der Waals surface area contributed by atoms with E-state index in [4.69, 9.17) is 0 Å². The molecule has 0 rings (SSSR count). The minimum absolute atomic E-state index is 0.962. The number of methoxy groups -OCH3 is 1. The predicted octanol–water partition coefficient (Wildman–Crippen LogP) is 1.76. The Labute approximate surface area is 82.1 Å². The first-order chi connectivity index (χ1) is 6.62. The molecule has 0 bridgehead atoms. The number of alkyl halides is 5. The van der Waals surface area contributed by atoms with Gasteiger partial charge >= 0.3 is 18.1 Å². The van der Waals surface area contributed by atoms with E-state index in [0.29, 0.717) is 0 Å². The molecule has 0 heterocycles. The van der Waals surface area contributed by atoms with Crippen molar-refractivity contribution in [2.24, 2.45) is 0 Å². The van der Waals surface area contributed by atoms with E-state index in [1.54, 1.807) is 0 Å². The van der Waals surface area contributed by atoms with Crippen LogP contribution in [0.25, 0.3) is 0 Å². The fraction of sp³-hybridized carbons (Fsp3) is 0.857. The van der Waals surface area contributed by atoms with E-state index in [0.717, 1.165) is 14.0 Å². The van der Waals surface area contributed by atoms with Gasteiger partial charge in [0, 0.05) is 0 Å². The van der Waals surface area contributed by atoms with Crippen molar-refractivity contribution in [3.8, 4) is 0 Å². The fourth-order valence-electron chi connectivity index (χ4n) is 0.545. The molecule has 0 radical (unpaired) electrons. The molecule has 0 saturated heterocycles. The smallest absolute Gasteiger partial charge is 0.455 e. The first-order valence-corrected chi connectivity index (χ1v) is 3.76. The molecule has 15 heavy (non-hydrogen) atoms. The van der Waals surface area contributed by atoms with E-state index in [1.165, 1.54) is 0 Å². The number of hydrogen-bond acceptors (Lipinski definition) is 3. The van der Waals surface area contributed by atoms with Gasteiger partial charge in [-0.15, -0.1) is 0 Å². The molecule has 0 aromatic heterocycles. The highest BCUT2D eigenvalue weighted by molar-refractivity contribution is 5.73. The van der Waals surface area contributed by atoms with Crippen LogP contribution < -0.4 is 0 Å². The van der Waals surface area contributed by atoms with Gasteiger partial charge in [-0.05, 0) is 6.92 Å². The average molecular weight is 236 g/mol. The van der Waals surface area contributed by atoms with Gasteiger partial charge in [-0.1, -0.05) is 0 Å². The molecule has 0 fully saturated rings. The molecule has 90 valence electrons. The van der Waals surface area contributed by atoms with Crippen molar-refractivity contribution >= 4 is 5.97 Å². The molecule has 3 nitrogen and oxygen atoms in total. The number of carbonyl (C=O) groups is 1. The summed E-state index contributed by atoms with van der Waals surface area (Å²) in [5.74, 6) is -6.00. The van der Waals surface area contributed by atoms with E-state index in [2.05, 4.69) is 9.47 Å². The average Bonchev–Trinajstić information content (AvgIpc) is 2.11. The highest BCUT2D eigenvalue weighted by Crippen LogP contribution is 2.35. The third-order valence-electron chi connectivity index (χ3n) is 1.46. The van der Waals surface area contributed by atoms with E-state index < -0.39 is 30.8 Å². The maximum absolute atomic E-state index is 12.3. The van der Waals surface area contributed by atoms with Crippen molar-refractivity contribution < 1.29 is 36.2 Å². The van der Waals surface area contributed by atoms with Crippen molar-refractivity contribution in [2.75, 3.05) is 13.7 Å². The number of ether oxygens (including phenoxy) is 2. The van der Waals surface area contributed by atoms with Gasteiger partial charge in [0.15, 0.2) is 6.10 Å². The summed E-state index contributed by atoms with van der Waals surface area (Å²) in [6.07, 6.45) is -7.16. The van der Waals surface area contributed by atoms with Gasteiger partial charge in [-0.2, -0.15) is 22.0 Å². The third kappa shape index (κ3) is 3.98. The third-order valence-corrected chi connectivity index (χ3v) is 1.46. The number of esters is 1. The topological polar surface area (TPSA) is 35.5 Å². The molecule has 1 atom stereocenters. The van der Waals surface area contributed by atoms with Gasteiger partial charge in [-0.25, -0.2) is 4.79 Å². The lowest BCUT2D eigenvalue weighted by atomic mass is 10.3. The van der Waals surface area contributed by atoms with Crippen LogP contribution in [-0.4, -0.2) is 37.9 Å². The first-order valence-electron chi connectivity index (χ1n) is 3.76. The molecule has 0 amide bonds. The minimum Gasteiger partial charge on any atom is -0.467 e. The molecule has 0 spiro atoms. The second kappa shape index (κ2) is 4.73. The normalized spacial score (nSPS) is 14.9. The number of carbonyl (C=O) groups excluding carboxylic acids is 1. The van der Waals surface area contributed by atoms with Crippen LogP contribution in [0.5, 0.6) is 0 Å². The Bertz CT molecular complexity index is 225. The summed E-state index contributed by atoms with van der Waals surface area (Å²) in [6.45, 7) is -0.898. The van der Waals surface area contributed by atoms with Crippen LogP contribution in [0.2, 0.25) is 0 Å². The Kier molecular flexibility index (Phi) is 4.44. The van der Waals surface area contributed by atoms with Crippen LogP contribution >= 0.6 is 0 Å². The van der Waals surface area contributed by atoms with Crippen molar-refractivity contribution in [1.29, 1.82) is 0 Å². The summed E-state index contributed by atoms with van der Waals surface area (Å²) in [7, 11) is 0.962. The largest absolute Gasteiger partial charge is 0.467 e. The van der Waals surface area contributed by atoms with Crippen molar-refractivity contribution in [3.05, 3.63) is 0 Å². The van der Waals surface area contributed by atoms with Crippen LogP contribution in [0.1, 0.15) is 6.92 Å². The fourth-order valence-corrected chi connectivity index (χ4v) is 0.545. The summed E-state index contributed by atoms with van der Waals surface area (Å²) in [6, 6.07) is 0. The number of hydrogen-bond donors (Lipinski definition) is 0. The maximum Gasteiger partial charge on any atom is 0.455 e. The summed E-state index contributed by atoms with van der Waals surface area (Å²) in [4.78, 5) is 10.6. The number of rotatable bonds is 4. The van der Waals surface area contributed by atoms with Crippen molar-refractivity contribution in [2.45, 2.75) is 25.1 Å². The van der Waals surface area contributed by atoms with Crippen LogP contribution in [0.3, 0.4) is 0 Å². The first kappa shape index (κ1) is 14.1. The van der Waals surface area contributed by atoms with E-state index in [1.807, 2.05) is 0 Å². The summed E-state index contributed by atoms with van der Waals surface area (Å²) in [5.41, 5.74) is 0. The zero-order valence-corrected chi connectivity index (χ0v) is 7.90. The van der Waals surface area contributed by atoms with Gasteiger partial charge in [0.2, 0.25) is 0 Å². The molecule has 8 heteroatoms. The minimum atomic E-state index is -5.69. The van der Waals surface area contributed by atoms with Crippen molar-refractivity contribution in [1.82, 2.24) is 0 Å². The van der Waals surface area contributed by atoms with Gasteiger partial charge in [-0.3, -0.25) is 0 Å². The Hall–Kier alpha value is -0.920. The molecule has 0 aromatic rings. The van der Waals surface area contributed by atoms with Crippen LogP contribution in [0.4, 0.5) is 22.0 Å². The highest BCUT2D eigenvalue weighted by atomic mass is 19.4. The van der Waals surface area contributed by atoms with Gasteiger partial charge < -0.3 is 9.47 Å². The zero-order valence-electron chi connectivity index (χ0n) is 7.90. The Morgan fingerprint density at radius 1 is 1.27 bits per heavy atom. The molecule has 0 aliphatic rings. The van der Waals surface area contributed by atoms with Crippen LogP contribution in [0, 0.1) is 0 Å². The van der Waals surface area contributed by atoms with Crippen molar-refractivity contribution in [3.63, 3.8) is 0 Å². The predicted molar refractivity (Wildman–Crippen MR) is 38.4 cm³/mol. The van der Waals surface area contributed by atoms with E-state index >= 15 is 0 Å². The molecular weight excluding hydrogens is 227 g/mol. The van der Waals surface area contributed by atoms with E-state index in [-0.39, 0.29) is 0 Å². The highest BCUT2D eigenvalue weighted by Gasteiger charge is 2.57. The van der Waals surface area contributed by atoms with Crippen LogP contribution in [0.15, 0.2) is 0 Å². The molecule has 0 saturated carbocycles. The maximum atomic E-state index is 12.3. The lowest BCUT2D eigenvalue weighted by Crippen LogP contribution is -2.42. The molecule has 0 aromatic carbocycles. The van der Waals surface area contributed by atoms with E-state index in [9.17, 15) is 26.7 Å². The Morgan fingerprint density at radius 2 is 1.73 bits per heavy atom. The van der Waals surface area contributed by atoms with Crippen LogP contribution in [-0.2, 0) is 14.3 Å². The van der Waals surface area contributed by atoms with Gasteiger partial charge in [0.05, 0.1) is 7.11 Å². The second-order valence-electron chi connectivity index (χ2n) is 2.68. The molecule has 0 unspecified atom stereocenters. The Morgan fingerprint density at radius 3 is 2.07 bits per heavy atom. The SMILES string of the molecule is COC(=O)[C@H](C)OCC(F)(F)C(F)(F)F. The summed E-state index contributed by atoms with van der Waals surface area (Å²) < 4.78 is 67.5. The monoisotopic (exact) mass is 236 g/mol. The van der Waals surface area contributed by atoms with Gasteiger partial charge in [0.25, 0.3) is 0 Å². The number of halogens is 5. The molecular formula is C7H9F5O3. The molecule has 0 aliphatic heterocycles. The molecule has 0 N–H and O–H groups in total. The Balaban J connectivity index is 4.22. The summed E-state index contributed by atoms with van der Waals surface area (Å²) >= 11 is 0. The summed E-state index contributed by atoms with van der Waals surface area (Å²) in [5, 5.41) is 0. The zero-order chi connectivity index (χ0) is 12.3. The second-order valence-corrected chi connectivity index (χ2v) is 2.68. The lowest BCUT2D eigenvalue weighted by molar-refractivity contribution is -0.299. The van der Waals surface area contributed by atoms with Gasteiger partial charge in [0.1, 0.15) is 6.61 Å².